The Kier molecular flexibility index (Phi) is 4.09. The fraction of sp³-hybridized carbons (Fsp3) is 0.538. The van der Waals surface area contributed by atoms with Crippen LogP contribution in [0.3, 0.4) is 0 Å². The molecule has 0 saturated carbocycles. The van der Waals surface area contributed by atoms with Crippen LogP contribution in [0.15, 0.2) is 18.2 Å². The van der Waals surface area contributed by atoms with Crippen LogP contribution in [0.25, 0.3) is 0 Å². The topological polar surface area (TPSA) is 30.9 Å². The second-order valence-electron chi connectivity index (χ2n) is 4.01. The normalized spacial score (nSPS) is 12.8. The van der Waals surface area contributed by atoms with Crippen LogP contribution in [0.2, 0.25) is 0 Å². The molecular formula is C13H19NO3. The molecule has 4 heteroatoms. The minimum atomic E-state index is 0.326. The zero-order valence-corrected chi connectivity index (χ0v) is 10.4. The monoisotopic (exact) mass is 237 g/mol. The molecule has 0 radical (unpaired) electrons. The number of hydrogen-bond donors (Lipinski definition) is 0. The lowest BCUT2D eigenvalue weighted by Gasteiger charge is -2.19. The zero-order valence-electron chi connectivity index (χ0n) is 10.4. The van der Waals surface area contributed by atoms with Gasteiger partial charge in [-0.1, -0.05) is 0 Å². The maximum absolute atomic E-state index is 5.36. The summed E-state index contributed by atoms with van der Waals surface area (Å²) in [5, 5.41) is 0. The summed E-state index contributed by atoms with van der Waals surface area (Å²) in [6.45, 7) is 4.91. The van der Waals surface area contributed by atoms with E-state index in [0.717, 1.165) is 43.4 Å². The predicted octanol–water partition coefficient (Wildman–Crippen LogP) is 2.28. The predicted molar refractivity (Wildman–Crippen MR) is 66.9 cm³/mol. The summed E-state index contributed by atoms with van der Waals surface area (Å²) in [5.41, 5.74) is 1.14. The van der Waals surface area contributed by atoms with Gasteiger partial charge >= 0.3 is 0 Å². The summed E-state index contributed by atoms with van der Waals surface area (Å²) >= 11 is 0. The summed E-state index contributed by atoms with van der Waals surface area (Å²) in [6, 6.07) is 6.02. The van der Waals surface area contributed by atoms with Crippen molar-refractivity contribution in [3.05, 3.63) is 18.2 Å². The third-order valence-electron chi connectivity index (χ3n) is 2.78. The third-order valence-corrected chi connectivity index (χ3v) is 2.78. The van der Waals surface area contributed by atoms with Crippen LogP contribution in [0.5, 0.6) is 11.5 Å². The van der Waals surface area contributed by atoms with Crippen molar-refractivity contribution in [3.8, 4) is 11.5 Å². The molecule has 1 aromatic rings. The van der Waals surface area contributed by atoms with E-state index >= 15 is 0 Å². The molecule has 2 rings (SSSR count). The molecule has 17 heavy (non-hydrogen) atoms. The second-order valence-corrected chi connectivity index (χ2v) is 4.01. The average molecular weight is 237 g/mol. The van der Waals surface area contributed by atoms with Crippen molar-refractivity contribution in [2.75, 3.05) is 38.5 Å². The summed E-state index contributed by atoms with van der Waals surface area (Å²) in [4.78, 5) is 2.20. The van der Waals surface area contributed by atoms with Gasteiger partial charge < -0.3 is 19.1 Å². The molecule has 1 aliphatic rings. The van der Waals surface area contributed by atoms with Crippen molar-refractivity contribution in [2.24, 2.45) is 0 Å². The van der Waals surface area contributed by atoms with Crippen LogP contribution in [0, 0.1) is 0 Å². The third kappa shape index (κ3) is 3.03. The molecule has 1 aromatic carbocycles. The number of hydrogen-bond acceptors (Lipinski definition) is 4. The largest absolute Gasteiger partial charge is 0.454 e. The Labute approximate surface area is 102 Å². The van der Waals surface area contributed by atoms with Crippen LogP contribution in [0.4, 0.5) is 5.69 Å². The summed E-state index contributed by atoms with van der Waals surface area (Å²) in [5.74, 6) is 1.66. The van der Waals surface area contributed by atoms with Gasteiger partial charge in [0.05, 0.1) is 0 Å². The van der Waals surface area contributed by atoms with Crippen LogP contribution >= 0.6 is 0 Å². The molecule has 1 heterocycles. The lowest BCUT2D eigenvalue weighted by molar-refractivity contribution is 0.146. The van der Waals surface area contributed by atoms with Gasteiger partial charge in [0.2, 0.25) is 6.79 Å². The van der Waals surface area contributed by atoms with E-state index in [4.69, 9.17) is 14.2 Å². The Morgan fingerprint density at radius 2 is 2.12 bits per heavy atom. The standard InChI is InChI=1S/C13H19NO3/c1-3-15-8-4-7-14(2)11-5-6-12-13(9-11)17-10-16-12/h5-6,9H,3-4,7-8,10H2,1-2H3. The lowest BCUT2D eigenvalue weighted by atomic mass is 10.2. The Balaban J connectivity index is 1.88. The molecule has 0 amide bonds. The van der Waals surface area contributed by atoms with E-state index in [9.17, 15) is 0 Å². The minimum Gasteiger partial charge on any atom is -0.454 e. The molecule has 0 bridgehead atoms. The van der Waals surface area contributed by atoms with Crippen LogP contribution in [-0.4, -0.2) is 33.6 Å². The number of nitrogens with zero attached hydrogens (tertiary/aromatic N) is 1. The second kappa shape index (κ2) is 5.77. The molecule has 0 spiro atoms. The summed E-state index contributed by atoms with van der Waals surface area (Å²) < 4.78 is 16.0. The Hall–Kier alpha value is -1.42. The van der Waals surface area contributed by atoms with E-state index in [1.807, 2.05) is 25.1 Å². The van der Waals surface area contributed by atoms with Crippen LogP contribution < -0.4 is 14.4 Å². The van der Waals surface area contributed by atoms with Gasteiger partial charge in [-0.25, -0.2) is 0 Å². The molecule has 0 atom stereocenters. The highest BCUT2D eigenvalue weighted by atomic mass is 16.7. The highest BCUT2D eigenvalue weighted by molar-refractivity contribution is 5.56. The van der Waals surface area contributed by atoms with Crippen molar-refractivity contribution in [1.29, 1.82) is 0 Å². The highest BCUT2D eigenvalue weighted by Crippen LogP contribution is 2.35. The van der Waals surface area contributed by atoms with Crippen molar-refractivity contribution in [1.82, 2.24) is 0 Å². The van der Waals surface area contributed by atoms with E-state index < -0.39 is 0 Å². The highest BCUT2D eigenvalue weighted by Gasteiger charge is 2.14. The van der Waals surface area contributed by atoms with E-state index in [1.54, 1.807) is 0 Å². The first-order valence-electron chi connectivity index (χ1n) is 6.00. The van der Waals surface area contributed by atoms with Crippen LogP contribution in [-0.2, 0) is 4.74 Å². The molecule has 0 unspecified atom stereocenters. The Morgan fingerprint density at radius 1 is 1.29 bits per heavy atom. The molecule has 0 fully saturated rings. The van der Waals surface area contributed by atoms with Crippen molar-refractivity contribution >= 4 is 5.69 Å². The molecule has 0 N–H and O–H groups in total. The minimum absolute atomic E-state index is 0.326. The van der Waals surface area contributed by atoms with Gasteiger partial charge in [-0.2, -0.15) is 0 Å². The zero-order chi connectivity index (χ0) is 12.1. The maximum atomic E-state index is 5.36. The number of anilines is 1. The molecule has 0 aliphatic carbocycles. The molecule has 0 aromatic heterocycles. The number of benzene rings is 1. The van der Waals surface area contributed by atoms with Crippen LogP contribution in [0.1, 0.15) is 13.3 Å². The smallest absolute Gasteiger partial charge is 0.231 e. The summed E-state index contributed by atoms with van der Waals surface area (Å²) in [6.07, 6.45) is 1.03. The van der Waals surface area contributed by atoms with Crippen molar-refractivity contribution in [3.63, 3.8) is 0 Å². The first kappa shape index (κ1) is 12.0. The van der Waals surface area contributed by atoms with E-state index in [-0.39, 0.29) is 0 Å². The molecule has 94 valence electrons. The van der Waals surface area contributed by atoms with Gasteiger partial charge in [0.15, 0.2) is 11.5 Å². The molecule has 1 aliphatic heterocycles. The first-order chi connectivity index (χ1) is 8.31. The number of fused-ring (bicyclic) bond motifs is 1. The Bertz CT molecular complexity index is 368. The quantitative estimate of drug-likeness (QED) is 0.710. The Morgan fingerprint density at radius 3 is 2.94 bits per heavy atom. The molecule has 0 saturated heterocycles. The van der Waals surface area contributed by atoms with Gasteiger partial charge in [-0.05, 0) is 25.5 Å². The SMILES string of the molecule is CCOCCCN(C)c1ccc2c(c1)OCO2. The van der Waals surface area contributed by atoms with Crippen molar-refractivity contribution < 1.29 is 14.2 Å². The maximum Gasteiger partial charge on any atom is 0.231 e. The molecular weight excluding hydrogens is 218 g/mol. The van der Waals surface area contributed by atoms with Gasteiger partial charge in [0.1, 0.15) is 0 Å². The van der Waals surface area contributed by atoms with Gasteiger partial charge in [0.25, 0.3) is 0 Å². The van der Waals surface area contributed by atoms with E-state index in [2.05, 4.69) is 11.9 Å². The van der Waals surface area contributed by atoms with Gasteiger partial charge in [-0.3, -0.25) is 0 Å². The fourth-order valence-corrected chi connectivity index (χ4v) is 1.80. The van der Waals surface area contributed by atoms with E-state index in [0.29, 0.717) is 6.79 Å². The summed E-state index contributed by atoms with van der Waals surface area (Å²) in [7, 11) is 2.07. The van der Waals surface area contributed by atoms with Gasteiger partial charge in [0, 0.05) is 38.6 Å². The lowest BCUT2D eigenvalue weighted by Crippen LogP contribution is -2.19. The average Bonchev–Trinajstić information content (AvgIpc) is 2.81. The fourth-order valence-electron chi connectivity index (χ4n) is 1.80. The first-order valence-corrected chi connectivity index (χ1v) is 6.00. The molecule has 4 nitrogen and oxygen atoms in total. The van der Waals surface area contributed by atoms with E-state index in [1.165, 1.54) is 0 Å². The number of rotatable bonds is 6. The number of ether oxygens (including phenoxy) is 3. The van der Waals surface area contributed by atoms with Gasteiger partial charge in [-0.15, -0.1) is 0 Å². The van der Waals surface area contributed by atoms with Crippen molar-refractivity contribution in [2.45, 2.75) is 13.3 Å².